The van der Waals surface area contributed by atoms with Crippen molar-refractivity contribution in [1.82, 2.24) is 20.4 Å². The first-order valence-corrected chi connectivity index (χ1v) is 8.93. The topological polar surface area (TPSA) is 71.3 Å². The molecule has 1 aromatic carbocycles. The van der Waals surface area contributed by atoms with Crippen molar-refractivity contribution in [2.24, 2.45) is 0 Å². The highest BCUT2D eigenvalue weighted by molar-refractivity contribution is 6.30. The van der Waals surface area contributed by atoms with Crippen LogP contribution in [0.5, 0.6) is 0 Å². The molecule has 1 aliphatic rings. The quantitative estimate of drug-likeness (QED) is 0.702. The maximum Gasteiger partial charge on any atom is 0.258 e. The molecule has 2 aromatic heterocycles. The highest BCUT2D eigenvalue weighted by Crippen LogP contribution is 2.29. The number of pyridine rings is 1. The number of nitrogens with one attached hydrogen (secondary N) is 1. The predicted octanol–water partition coefficient (Wildman–Crippen LogP) is 3.70. The van der Waals surface area contributed by atoms with Crippen molar-refractivity contribution in [2.45, 2.75) is 19.9 Å². The second kappa shape index (κ2) is 7.84. The van der Waals surface area contributed by atoms with Crippen LogP contribution in [0.3, 0.4) is 0 Å². The second-order valence-electron chi connectivity index (χ2n) is 6.53. The molecule has 0 saturated carbocycles. The van der Waals surface area contributed by atoms with Gasteiger partial charge in [0.05, 0.1) is 22.7 Å². The predicted molar refractivity (Wildman–Crippen MR) is 107 cm³/mol. The lowest BCUT2D eigenvalue weighted by Crippen LogP contribution is -2.48. The Morgan fingerprint density at radius 1 is 1.33 bits per heavy atom. The van der Waals surface area contributed by atoms with E-state index in [4.69, 9.17) is 16.1 Å². The molecule has 0 aliphatic carbocycles. The Balaban J connectivity index is 0.00000210. The van der Waals surface area contributed by atoms with Crippen molar-refractivity contribution in [3.8, 4) is 0 Å². The summed E-state index contributed by atoms with van der Waals surface area (Å²) < 4.78 is 5.27. The van der Waals surface area contributed by atoms with Crippen LogP contribution in [0.1, 0.15) is 33.4 Å². The summed E-state index contributed by atoms with van der Waals surface area (Å²) >= 11 is 6.16. The van der Waals surface area contributed by atoms with Crippen LogP contribution in [0.4, 0.5) is 0 Å². The van der Waals surface area contributed by atoms with Gasteiger partial charge >= 0.3 is 0 Å². The average molecular weight is 407 g/mol. The van der Waals surface area contributed by atoms with Crippen LogP contribution in [0.15, 0.2) is 34.9 Å². The molecule has 1 atom stereocenters. The minimum Gasteiger partial charge on any atom is -0.336 e. The number of carbonyl (C=O) groups excluding carboxylic acids is 1. The first-order valence-electron chi connectivity index (χ1n) is 8.55. The van der Waals surface area contributed by atoms with Crippen molar-refractivity contribution in [3.63, 3.8) is 0 Å². The van der Waals surface area contributed by atoms with Gasteiger partial charge in [-0.1, -0.05) is 28.9 Å². The van der Waals surface area contributed by atoms with Crippen LogP contribution in [0.2, 0.25) is 5.02 Å². The van der Waals surface area contributed by atoms with E-state index in [0.717, 1.165) is 17.8 Å². The molecule has 0 spiro atoms. The molecular formula is C19H20Cl2N4O2. The fourth-order valence-corrected chi connectivity index (χ4v) is 3.70. The lowest BCUT2D eigenvalue weighted by atomic mass is 10.0. The van der Waals surface area contributed by atoms with Crippen LogP contribution in [-0.2, 0) is 0 Å². The third-order valence-electron chi connectivity index (χ3n) is 4.71. The van der Waals surface area contributed by atoms with E-state index in [-0.39, 0.29) is 24.4 Å². The molecule has 1 saturated heterocycles. The molecule has 3 aromatic rings. The van der Waals surface area contributed by atoms with Gasteiger partial charge in [0.15, 0.2) is 0 Å². The van der Waals surface area contributed by atoms with Gasteiger partial charge in [-0.05, 0) is 37.6 Å². The van der Waals surface area contributed by atoms with Gasteiger partial charge in [0, 0.05) is 30.4 Å². The summed E-state index contributed by atoms with van der Waals surface area (Å²) in [4.78, 5) is 19.7. The number of rotatable bonds is 2. The van der Waals surface area contributed by atoms with Gasteiger partial charge in [-0.3, -0.25) is 4.79 Å². The molecule has 1 fully saturated rings. The Labute approximate surface area is 168 Å². The fraction of sp³-hybridized carbons (Fsp3) is 0.316. The number of fused-ring (bicyclic) bond motifs is 1. The Morgan fingerprint density at radius 2 is 2.15 bits per heavy atom. The van der Waals surface area contributed by atoms with Crippen molar-refractivity contribution in [1.29, 1.82) is 0 Å². The summed E-state index contributed by atoms with van der Waals surface area (Å²) in [5, 5.41) is 8.69. The van der Waals surface area contributed by atoms with E-state index in [0.29, 0.717) is 40.5 Å². The van der Waals surface area contributed by atoms with E-state index in [9.17, 15) is 4.79 Å². The third kappa shape index (κ3) is 3.65. The summed E-state index contributed by atoms with van der Waals surface area (Å²) in [5.74, 6) is -0.0433. The summed E-state index contributed by atoms with van der Waals surface area (Å²) in [7, 11) is 0. The van der Waals surface area contributed by atoms with Gasteiger partial charge in [0.2, 0.25) is 0 Å². The second-order valence-corrected chi connectivity index (χ2v) is 6.97. The molecule has 0 radical (unpaired) electrons. The van der Waals surface area contributed by atoms with E-state index in [2.05, 4.69) is 15.5 Å². The zero-order valence-corrected chi connectivity index (χ0v) is 16.6. The van der Waals surface area contributed by atoms with Gasteiger partial charge in [0.1, 0.15) is 0 Å². The Morgan fingerprint density at radius 3 is 2.93 bits per heavy atom. The number of benzene rings is 1. The summed E-state index contributed by atoms with van der Waals surface area (Å²) in [6, 6.07) is 9.39. The molecular weight excluding hydrogens is 387 g/mol. The lowest BCUT2D eigenvalue weighted by Gasteiger charge is -2.36. The van der Waals surface area contributed by atoms with E-state index in [1.165, 1.54) is 0 Å². The molecule has 1 N–H and O–H groups in total. The number of carbonyl (C=O) groups is 1. The number of hydrogen-bond acceptors (Lipinski definition) is 5. The van der Waals surface area contributed by atoms with Gasteiger partial charge in [-0.2, -0.15) is 0 Å². The largest absolute Gasteiger partial charge is 0.336 e. The van der Waals surface area contributed by atoms with Crippen LogP contribution >= 0.6 is 24.0 Å². The Hall–Kier alpha value is -2.15. The van der Waals surface area contributed by atoms with Gasteiger partial charge in [0.25, 0.3) is 11.6 Å². The number of nitrogens with zero attached hydrogens (tertiary/aromatic N) is 3. The standard InChI is InChI=1S/C19H19ClN4O2.ClH/c1-11-8-15(17-12(2)23-26-18(17)22-11)19(25)24-7-6-21-10-16(24)13-4-3-5-14(20)9-13;/h3-5,8-9,16,21H,6-7,10H2,1-2H3;1H. The average Bonchev–Trinajstić information content (AvgIpc) is 3.01. The molecule has 0 bridgehead atoms. The first-order chi connectivity index (χ1) is 12.5. The normalized spacial score (nSPS) is 17.0. The van der Waals surface area contributed by atoms with Crippen molar-refractivity contribution >= 4 is 41.0 Å². The molecule has 142 valence electrons. The number of hydrogen-bond donors (Lipinski definition) is 1. The van der Waals surface area contributed by atoms with E-state index in [1.807, 2.05) is 49.1 Å². The lowest BCUT2D eigenvalue weighted by molar-refractivity contribution is 0.0636. The molecule has 6 nitrogen and oxygen atoms in total. The van der Waals surface area contributed by atoms with Gasteiger partial charge < -0.3 is 14.7 Å². The molecule has 27 heavy (non-hydrogen) atoms. The van der Waals surface area contributed by atoms with Crippen molar-refractivity contribution < 1.29 is 9.32 Å². The number of amides is 1. The number of aromatic nitrogens is 2. The molecule has 3 heterocycles. The Kier molecular flexibility index (Phi) is 5.69. The maximum atomic E-state index is 13.5. The highest BCUT2D eigenvalue weighted by atomic mass is 35.5. The minimum atomic E-state index is -0.0846. The van der Waals surface area contributed by atoms with Crippen LogP contribution in [0, 0.1) is 13.8 Å². The zero-order chi connectivity index (χ0) is 18.3. The minimum absolute atomic E-state index is 0. The van der Waals surface area contributed by atoms with Gasteiger partial charge in [-0.25, -0.2) is 4.98 Å². The van der Waals surface area contributed by atoms with Crippen LogP contribution in [-0.4, -0.2) is 40.6 Å². The monoisotopic (exact) mass is 406 g/mol. The summed E-state index contributed by atoms with van der Waals surface area (Å²) in [5.41, 5.74) is 3.40. The van der Waals surface area contributed by atoms with Crippen LogP contribution < -0.4 is 5.32 Å². The molecule has 1 aliphatic heterocycles. The van der Waals surface area contributed by atoms with Gasteiger partial charge in [-0.15, -0.1) is 12.4 Å². The summed E-state index contributed by atoms with van der Waals surface area (Å²) in [6.07, 6.45) is 0. The highest BCUT2D eigenvalue weighted by Gasteiger charge is 2.31. The fourth-order valence-electron chi connectivity index (χ4n) is 3.50. The van der Waals surface area contributed by atoms with E-state index >= 15 is 0 Å². The number of aryl methyl sites for hydroxylation is 2. The summed E-state index contributed by atoms with van der Waals surface area (Å²) in [6.45, 7) is 5.72. The zero-order valence-electron chi connectivity index (χ0n) is 15.0. The van der Waals surface area contributed by atoms with E-state index in [1.54, 1.807) is 0 Å². The smallest absolute Gasteiger partial charge is 0.258 e. The SMILES string of the molecule is Cc1cc(C(=O)N2CCNCC2c2cccc(Cl)c2)c2c(C)noc2n1.Cl. The Bertz CT molecular complexity index is 989. The van der Waals surface area contributed by atoms with Crippen LogP contribution in [0.25, 0.3) is 11.1 Å². The first kappa shape index (κ1) is 19.6. The van der Waals surface area contributed by atoms with E-state index < -0.39 is 0 Å². The molecule has 1 amide bonds. The maximum absolute atomic E-state index is 13.5. The van der Waals surface area contributed by atoms with Crippen molar-refractivity contribution in [3.05, 3.63) is 57.9 Å². The molecule has 8 heteroatoms. The number of halogens is 2. The molecule has 1 unspecified atom stereocenters. The third-order valence-corrected chi connectivity index (χ3v) is 4.95. The molecule has 4 rings (SSSR count). The number of piperazine rings is 1. The van der Waals surface area contributed by atoms with Crippen molar-refractivity contribution in [2.75, 3.05) is 19.6 Å².